The predicted octanol–water partition coefficient (Wildman–Crippen LogP) is 0.00640. The first-order chi connectivity index (χ1) is 6.70. The molecule has 1 saturated heterocycles. The number of hydrogen-bond acceptors (Lipinski definition) is 3. The Kier molecular flexibility index (Phi) is 2.17. The molecule has 0 bridgehead atoms. The fourth-order valence-corrected chi connectivity index (χ4v) is 1.42. The molecular formula is C9H10FN3O. The minimum atomic E-state index is -0.751. The van der Waals surface area contributed by atoms with Gasteiger partial charge in [0.2, 0.25) is 0 Å². The van der Waals surface area contributed by atoms with Gasteiger partial charge in [0.1, 0.15) is 0 Å². The number of aromatic nitrogens is 1. The second-order valence-corrected chi connectivity index (χ2v) is 3.28. The topological polar surface area (TPSA) is 68.0 Å². The van der Waals surface area contributed by atoms with Crippen LogP contribution in [0.25, 0.3) is 0 Å². The van der Waals surface area contributed by atoms with Crippen LogP contribution in [-0.4, -0.2) is 24.0 Å². The lowest BCUT2D eigenvalue weighted by atomic mass is 9.97. The van der Waals surface area contributed by atoms with Crippen molar-refractivity contribution in [1.82, 2.24) is 10.3 Å². The van der Waals surface area contributed by atoms with Gasteiger partial charge in [-0.15, -0.1) is 0 Å². The van der Waals surface area contributed by atoms with Crippen molar-refractivity contribution in [3.8, 4) is 0 Å². The normalized spacial score (nSPS) is 16.4. The molecule has 3 N–H and O–H groups in total. The lowest BCUT2D eigenvalue weighted by Gasteiger charge is -2.26. The average molecular weight is 195 g/mol. The molecular weight excluding hydrogens is 185 g/mol. The molecule has 1 fully saturated rings. The van der Waals surface area contributed by atoms with Crippen molar-refractivity contribution in [2.24, 2.45) is 5.73 Å². The zero-order valence-electron chi connectivity index (χ0n) is 7.46. The average Bonchev–Trinajstić information content (AvgIpc) is 2.04. The third-order valence-electron chi connectivity index (χ3n) is 2.35. The van der Waals surface area contributed by atoms with E-state index in [9.17, 15) is 9.18 Å². The molecule has 0 atom stereocenters. The molecule has 1 aliphatic rings. The summed E-state index contributed by atoms with van der Waals surface area (Å²) in [7, 11) is 0. The molecule has 0 unspecified atom stereocenters. The number of carbonyl (C=O) groups excluding carboxylic acids is 1. The molecule has 4 nitrogen and oxygen atoms in total. The molecule has 2 rings (SSSR count). The number of primary amides is 1. The molecule has 0 saturated carbocycles. The molecule has 1 aromatic rings. The first kappa shape index (κ1) is 9.08. The standard InChI is InChI=1S/C9H10FN3O/c10-7-6(9(11)14)1-2-13-8(7)5-3-12-4-5/h1-2,5,12H,3-4H2,(H2,11,14). The van der Waals surface area contributed by atoms with Crippen molar-refractivity contribution >= 4 is 5.91 Å². The van der Waals surface area contributed by atoms with Gasteiger partial charge in [-0.05, 0) is 6.07 Å². The van der Waals surface area contributed by atoms with Crippen LogP contribution >= 0.6 is 0 Å². The van der Waals surface area contributed by atoms with Crippen LogP contribution in [0.15, 0.2) is 12.3 Å². The highest BCUT2D eigenvalue weighted by molar-refractivity contribution is 5.93. The second kappa shape index (κ2) is 3.34. The Morgan fingerprint density at radius 3 is 2.86 bits per heavy atom. The van der Waals surface area contributed by atoms with Gasteiger partial charge in [0.25, 0.3) is 5.91 Å². The Balaban J connectivity index is 2.40. The summed E-state index contributed by atoms with van der Waals surface area (Å²) in [5, 5.41) is 3.01. The molecule has 2 heterocycles. The predicted molar refractivity (Wildman–Crippen MR) is 48.3 cm³/mol. The van der Waals surface area contributed by atoms with E-state index in [1.54, 1.807) is 0 Å². The number of amides is 1. The van der Waals surface area contributed by atoms with E-state index in [-0.39, 0.29) is 11.5 Å². The van der Waals surface area contributed by atoms with Crippen molar-refractivity contribution in [3.63, 3.8) is 0 Å². The van der Waals surface area contributed by atoms with Gasteiger partial charge in [0, 0.05) is 25.2 Å². The summed E-state index contributed by atoms with van der Waals surface area (Å²) in [5.41, 5.74) is 5.27. The third-order valence-corrected chi connectivity index (χ3v) is 2.35. The molecule has 0 aliphatic carbocycles. The van der Waals surface area contributed by atoms with Crippen LogP contribution in [-0.2, 0) is 0 Å². The Hall–Kier alpha value is -1.49. The quantitative estimate of drug-likeness (QED) is 0.698. The molecule has 1 aliphatic heterocycles. The first-order valence-electron chi connectivity index (χ1n) is 4.35. The van der Waals surface area contributed by atoms with Crippen molar-refractivity contribution in [2.75, 3.05) is 13.1 Å². The molecule has 0 radical (unpaired) electrons. The summed E-state index contributed by atoms with van der Waals surface area (Å²) in [6.07, 6.45) is 1.41. The van der Waals surface area contributed by atoms with Crippen LogP contribution in [0.1, 0.15) is 22.0 Å². The van der Waals surface area contributed by atoms with Gasteiger partial charge in [0.15, 0.2) is 5.82 Å². The molecule has 14 heavy (non-hydrogen) atoms. The molecule has 0 spiro atoms. The van der Waals surface area contributed by atoms with E-state index in [1.165, 1.54) is 12.3 Å². The van der Waals surface area contributed by atoms with E-state index < -0.39 is 11.7 Å². The number of rotatable bonds is 2. The highest BCUT2D eigenvalue weighted by atomic mass is 19.1. The Bertz CT molecular complexity index is 376. The molecule has 1 amide bonds. The number of halogens is 1. The fourth-order valence-electron chi connectivity index (χ4n) is 1.42. The lowest BCUT2D eigenvalue weighted by Crippen LogP contribution is -2.41. The van der Waals surface area contributed by atoms with Gasteiger partial charge in [-0.2, -0.15) is 0 Å². The van der Waals surface area contributed by atoms with Gasteiger partial charge in [-0.25, -0.2) is 4.39 Å². The van der Waals surface area contributed by atoms with Crippen molar-refractivity contribution in [3.05, 3.63) is 29.3 Å². The number of nitrogens with one attached hydrogen (secondary N) is 1. The van der Waals surface area contributed by atoms with Gasteiger partial charge in [-0.1, -0.05) is 0 Å². The van der Waals surface area contributed by atoms with E-state index in [1.807, 2.05) is 0 Å². The van der Waals surface area contributed by atoms with Crippen LogP contribution in [0.3, 0.4) is 0 Å². The number of nitrogens with two attached hydrogens (primary N) is 1. The molecule has 5 heteroatoms. The summed E-state index contributed by atoms with van der Waals surface area (Å²) in [4.78, 5) is 14.8. The maximum Gasteiger partial charge on any atom is 0.251 e. The van der Waals surface area contributed by atoms with Crippen molar-refractivity contribution in [1.29, 1.82) is 0 Å². The molecule has 1 aromatic heterocycles. The van der Waals surface area contributed by atoms with Gasteiger partial charge in [0.05, 0.1) is 11.3 Å². The Morgan fingerprint density at radius 2 is 2.36 bits per heavy atom. The van der Waals surface area contributed by atoms with Crippen LogP contribution in [0.4, 0.5) is 4.39 Å². The zero-order chi connectivity index (χ0) is 10.1. The van der Waals surface area contributed by atoms with Gasteiger partial charge < -0.3 is 11.1 Å². The Morgan fingerprint density at radius 1 is 1.64 bits per heavy atom. The largest absolute Gasteiger partial charge is 0.366 e. The van der Waals surface area contributed by atoms with E-state index >= 15 is 0 Å². The van der Waals surface area contributed by atoms with Crippen LogP contribution in [0.5, 0.6) is 0 Å². The van der Waals surface area contributed by atoms with E-state index in [4.69, 9.17) is 5.73 Å². The number of hydrogen-bond donors (Lipinski definition) is 2. The summed E-state index contributed by atoms with van der Waals surface area (Å²) < 4.78 is 13.6. The molecule has 0 aromatic carbocycles. The monoisotopic (exact) mass is 195 g/mol. The lowest BCUT2D eigenvalue weighted by molar-refractivity contribution is 0.0996. The minimum Gasteiger partial charge on any atom is -0.366 e. The molecule has 74 valence electrons. The number of pyridine rings is 1. The number of nitrogens with zero attached hydrogens (tertiary/aromatic N) is 1. The summed E-state index contributed by atoms with van der Waals surface area (Å²) >= 11 is 0. The maximum atomic E-state index is 13.6. The maximum absolute atomic E-state index is 13.6. The first-order valence-corrected chi connectivity index (χ1v) is 4.35. The zero-order valence-corrected chi connectivity index (χ0v) is 7.46. The van der Waals surface area contributed by atoms with Crippen LogP contribution in [0, 0.1) is 5.82 Å². The summed E-state index contributed by atoms with van der Waals surface area (Å²) in [5.74, 6) is -1.26. The highest BCUT2D eigenvalue weighted by Gasteiger charge is 2.25. The van der Waals surface area contributed by atoms with E-state index in [0.717, 1.165) is 0 Å². The summed E-state index contributed by atoms with van der Waals surface area (Å²) in [6, 6.07) is 1.30. The second-order valence-electron chi connectivity index (χ2n) is 3.28. The van der Waals surface area contributed by atoms with E-state index in [0.29, 0.717) is 18.8 Å². The highest BCUT2D eigenvalue weighted by Crippen LogP contribution is 2.22. The smallest absolute Gasteiger partial charge is 0.251 e. The van der Waals surface area contributed by atoms with Crippen molar-refractivity contribution < 1.29 is 9.18 Å². The van der Waals surface area contributed by atoms with Gasteiger partial charge >= 0.3 is 0 Å². The van der Waals surface area contributed by atoms with Crippen molar-refractivity contribution in [2.45, 2.75) is 5.92 Å². The van der Waals surface area contributed by atoms with Crippen LogP contribution in [0.2, 0.25) is 0 Å². The van der Waals surface area contributed by atoms with Gasteiger partial charge in [-0.3, -0.25) is 9.78 Å². The van der Waals surface area contributed by atoms with Crippen LogP contribution < -0.4 is 11.1 Å². The Labute approximate surface area is 80.3 Å². The minimum absolute atomic E-state index is 0.0642. The third kappa shape index (κ3) is 1.35. The number of carbonyl (C=O) groups is 1. The summed E-state index contributed by atoms with van der Waals surface area (Å²) in [6.45, 7) is 1.40. The fraction of sp³-hybridized carbons (Fsp3) is 0.333. The van der Waals surface area contributed by atoms with E-state index in [2.05, 4.69) is 10.3 Å². The SMILES string of the molecule is NC(=O)c1ccnc(C2CNC2)c1F.